The maximum atomic E-state index is 9.02. The number of halogens is 1. The first-order valence-electron chi connectivity index (χ1n) is 5.28. The first-order chi connectivity index (χ1) is 7.53. The van der Waals surface area contributed by atoms with Crippen LogP contribution in [0.2, 0.25) is 0 Å². The zero-order valence-corrected chi connectivity index (χ0v) is 10.1. The van der Waals surface area contributed by atoms with Crippen LogP contribution in [0.4, 0.5) is 0 Å². The van der Waals surface area contributed by atoms with Crippen LogP contribution in [0.3, 0.4) is 0 Å². The number of rotatable bonds is 2. The van der Waals surface area contributed by atoms with Gasteiger partial charge in [-0.3, -0.25) is 0 Å². The Kier molecular flexibility index (Phi) is 3.10. The minimum atomic E-state index is -0.710. The van der Waals surface area contributed by atoms with Gasteiger partial charge in [-0.05, 0) is 6.08 Å². The van der Waals surface area contributed by atoms with Gasteiger partial charge in [0.15, 0.2) is 0 Å². The highest BCUT2D eigenvalue weighted by Crippen LogP contribution is 2.38. The molecule has 0 saturated heterocycles. The predicted octanol–water partition coefficient (Wildman–Crippen LogP) is 2.47. The number of aliphatic hydroxyl groups excluding tert-OH is 1. The maximum absolute atomic E-state index is 9.02. The van der Waals surface area contributed by atoms with E-state index in [4.69, 9.17) is 26.2 Å². The molecule has 0 spiro atoms. The van der Waals surface area contributed by atoms with Crippen LogP contribution in [0.25, 0.3) is 0 Å². The molecule has 0 aromatic carbocycles. The maximum Gasteiger partial charge on any atom is 0.205 e. The van der Waals surface area contributed by atoms with Gasteiger partial charge in [-0.25, -0.2) is 0 Å². The van der Waals surface area contributed by atoms with E-state index in [-0.39, 0.29) is 12.7 Å². The SMILES string of the molecule is CC1(C)OC(CCO)=C2C=CC=C(Cl)C2O1. The van der Waals surface area contributed by atoms with Crippen LogP contribution in [0.15, 0.2) is 34.6 Å². The van der Waals surface area contributed by atoms with Crippen molar-refractivity contribution < 1.29 is 14.6 Å². The van der Waals surface area contributed by atoms with E-state index in [2.05, 4.69) is 0 Å². The lowest BCUT2D eigenvalue weighted by molar-refractivity contribution is -0.219. The summed E-state index contributed by atoms with van der Waals surface area (Å²) in [6, 6.07) is 0. The van der Waals surface area contributed by atoms with E-state index in [9.17, 15) is 0 Å². The van der Waals surface area contributed by atoms with Crippen LogP contribution in [0, 0.1) is 0 Å². The van der Waals surface area contributed by atoms with Gasteiger partial charge in [-0.2, -0.15) is 0 Å². The monoisotopic (exact) mass is 242 g/mol. The van der Waals surface area contributed by atoms with E-state index >= 15 is 0 Å². The van der Waals surface area contributed by atoms with Crippen molar-refractivity contribution in [2.75, 3.05) is 6.61 Å². The van der Waals surface area contributed by atoms with Crippen LogP contribution < -0.4 is 0 Å². The number of ether oxygens (including phenoxy) is 2. The van der Waals surface area contributed by atoms with Crippen LogP contribution >= 0.6 is 11.6 Å². The van der Waals surface area contributed by atoms with Gasteiger partial charge in [0.25, 0.3) is 0 Å². The second-order valence-electron chi connectivity index (χ2n) is 4.26. The van der Waals surface area contributed by atoms with E-state index in [0.29, 0.717) is 11.5 Å². The molecule has 0 bridgehead atoms. The summed E-state index contributed by atoms with van der Waals surface area (Å²) >= 11 is 6.12. The quantitative estimate of drug-likeness (QED) is 0.809. The van der Waals surface area contributed by atoms with Gasteiger partial charge < -0.3 is 14.6 Å². The fraction of sp³-hybridized carbons (Fsp3) is 0.500. The Balaban J connectivity index is 2.39. The lowest BCUT2D eigenvalue weighted by atomic mass is 9.99. The van der Waals surface area contributed by atoms with Gasteiger partial charge in [0.1, 0.15) is 11.9 Å². The molecule has 1 N–H and O–H groups in total. The summed E-state index contributed by atoms with van der Waals surface area (Å²) in [6.07, 6.45) is 5.80. The van der Waals surface area contributed by atoms with Crippen molar-refractivity contribution in [1.29, 1.82) is 0 Å². The first-order valence-corrected chi connectivity index (χ1v) is 5.66. The third-order valence-electron chi connectivity index (χ3n) is 2.50. The van der Waals surface area contributed by atoms with Crippen molar-refractivity contribution in [2.24, 2.45) is 0 Å². The van der Waals surface area contributed by atoms with Crippen molar-refractivity contribution in [1.82, 2.24) is 0 Å². The zero-order chi connectivity index (χ0) is 11.8. The summed E-state index contributed by atoms with van der Waals surface area (Å²) in [4.78, 5) is 0. The lowest BCUT2D eigenvalue weighted by Gasteiger charge is -2.39. The highest BCUT2D eigenvalue weighted by atomic mass is 35.5. The van der Waals surface area contributed by atoms with Gasteiger partial charge in [0.05, 0.1) is 11.6 Å². The number of fused-ring (bicyclic) bond motifs is 1. The summed E-state index contributed by atoms with van der Waals surface area (Å²) in [5.74, 6) is 0.0453. The van der Waals surface area contributed by atoms with Gasteiger partial charge in [0, 0.05) is 25.8 Å². The third kappa shape index (κ3) is 2.17. The van der Waals surface area contributed by atoms with Crippen molar-refractivity contribution in [2.45, 2.75) is 32.2 Å². The Bertz CT molecular complexity index is 380. The van der Waals surface area contributed by atoms with E-state index in [1.165, 1.54) is 0 Å². The largest absolute Gasteiger partial charge is 0.467 e. The van der Waals surface area contributed by atoms with Gasteiger partial charge >= 0.3 is 0 Å². The molecule has 0 amide bonds. The normalized spacial score (nSPS) is 27.2. The van der Waals surface area contributed by atoms with Gasteiger partial charge in [0.2, 0.25) is 5.79 Å². The molecule has 0 saturated carbocycles. The van der Waals surface area contributed by atoms with E-state index in [0.717, 1.165) is 11.3 Å². The predicted molar refractivity (Wildman–Crippen MR) is 61.8 cm³/mol. The Morgan fingerprint density at radius 2 is 2.25 bits per heavy atom. The van der Waals surface area contributed by atoms with E-state index in [1.54, 1.807) is 0 Å². The summed E-state index contributed by atoms with van der Waals surface area (Å²) in [5.41, 5.74) is 0.904. The molecule has 1 heterocycles. The second kappa shape index (κ2) is 4.24. The average Bonchev–Trinajstić information content (AvgIpc) is 2.19. The van der Waals surface area contributed by atoms with Crippen molar-refractivity contribution >= 4 is 11.6 Å². The fourth-order valence-corrected chi connectivity index (χ4v) is 2.12. The summed E-state index contributed by atoms with van der Waals surface area (Å²) in [6.45, 7) is 3.73. The molecule has 1 aliphatic heterocycles. The molecular weight excluding hydrogens is 228 g/mol. The van der Waals surface area contributed by atoms with E-state index in [1.807, 2.05) is 32.1 Å². The Morgan fingerprint density at radius 1 is 1.50 bits per heavy atom. The van der Waals surface area contributed by atoms with Gasteiger partial charge in [-0.15, -0.1) is 0 Å². The molecule has 16 heavy (non-hydrogen) atoms. The molecule has 0 radical (unpaired) electrons. The summed E-state index contributed by atoms with van der Waals surface area (Å²) in [7, 11) is 0. The molecule has 0 fully saturated rings. The number of hydrogen-bond donors (Lipinski definition) is 1. The summed E-state index contributed by atoms with van der Waals surface area (Å²) < 4.78 is 11.4. The Labute approximate surface area is 100.0 Å². The molecule has 3 nitrogen and oxygen atoms in total. The minimum absolute atomic E-state index is 0.0524. The molecule has 2 aliphatic rings. The number of aliphatic hydroxyl groups is 1. The summed E-state index contributed by atoms with van der Waals surface area (Å²) in [5, 5.41) is 9.66. The van der Waals surface area contributed by atoms with Crippen molar-refractivity contribution in [3.63, 3.8) is 0 Å². The molecule has 1 unspecified atom stereocenters. The Hall–Kier alpha value is -0.770. The van der Waals surface area contributed by atoms with Crippen LogP contribution in [-0.4, -0.2) is 23.6 Å². The molecule has 0 aromatic heterocycles. The van der Waals surface area contributed by atoms with Crippen LogP contribution in [-0.2, 0) is 9.47 Å². The highest BCUT2D eigenvalue weighted by Gasteiger charge is 2.37. The molecule has 4 heteroatoms. The Morgan fingerprint density at radius 3 is 2.94 bits per heavy atom. The highest BCUT2D eigenvalue weighted by molar-refractivity contribution is 6.30. The zero-order valence-electron chi connectivity index (χ0n) is 9.37. The standard InChI is InChI=1S/C12H15ClO3/c1-12(2)15-10(6-7-14)8-4-3-5-9(13)11(8)16-12/h3-5,11,14H,6-7H2,1-2H3. The molecule has 0 aromatic rings. The number of hydrogen-bond acceptors (Lipinski definition) is 3. The molecule has 2 rings (SSSR count). The molecule has 88 valence electrons. The van der Waals surface area contributed by atoms with E-state index < -0.39 is 5.79 Å². The third-order valence-corrected chi connectivity index (χ3v) is 2.82. The fourth-order valence-electron chi connectivity index (χ4n) is 1.89. The average molecular weight is 243 g/mol. The van der Waals surface area contributed by atoms with Crippen LogP contribution in [0.1, 0.15) is 20.3 Å². The molecule has 1 atom stereocenters. The molecule has 1 aliphatic carbocycles. The minimum Gasteiger partial charge on any atom is -0.467 e. The topological polar surface area (TPSA) is 38.7 Å². The molecular formula is C12H15ClO3. The smallest absolute Gasteiger partial charge is 0.205 e. The van der Waals surface area contributed by atoms with Crippen LogP contribution in [0.5, 0.6) is 0 Å². The first kappa shape index (κ1) is 11.7. The van der Waals surface area contributed by atoms with Crippen molar-refractivity contribution in [3.8, 4) is 0 Å². The second-order valence-corrected chi connectivity index (χ2v) is 4.70. The van der Waals surface area contributed by atoms with Crippen molar-refractivity contribution in [3.05, 3.63) is 34.6 Å². The number of allylic oxidation sites excluding steroid dienone is 2. The van der Waals surface area contributed by atoms with Gasteiger partial charge in [-0.1, -0.05) is 23.8 Å². The lowest BCUT2D eigenvalue weighted by Crippen LogP contribution is -2.40.